The first-order valence-electron chi connectivity index (χ1n) is 7.62. The number of carbonyl (C=O) groups is 1. The van der Waals surface area contributed by atoms with Crippen LogP contribution in [0.25, 0.3) is 0 Å². The van der Waals surface area contributed by atoms with E-state index in [1.165, 1.54) is 25.8 Å². The predicted octanol–water partition coefficient (Wildman–Crippen LogP) is 2.17. The molecule has 20 heavy (non-hydrogen) atoms. The second-order valence-electron chi connectivity index (χ2n) is 6.13. The SMILES string of the molecule is CN1CCCC12CCCN(C(=O)c1ccncc1)CC2. The highest BCUT2D eigenvalue weighted by Crippen LogP contribution is 2.37. The molecule has 0 aliphatic carbocycles. The maximum Gasteiger partial charge on any atom is 0.253 e. The Balaban J connectivity index is 1.70. The number of carbonyl (C=O) groups excluding carboxylic acids is 1. The number of rotatable bonds is 1. The van der Waals surface area contributed by atoms with Crippen LogP contribution in [-0.4, -0.2) is 52.9 Å². The Labute approximate surface area is 120 Å². The van der Waals surface area contributed by atoms with Gasteiger partial charge in [0.2, 0.25) is 0 Å². The Hall–Kier alpha value is -1.42. The van der Waals surface area contributed by atoms with Crippen LogP contribution in [0.1, 0.15) is 42.5 Å². The van der Waals surface area contributed by atoms with Crippen molar-refractivity contribution in [3.05, 3.63) is 30.1 Å². The van der Waals surface area contributed by atoms with Gasteiger partial charge in [-0.15, -0.1) is 0 Å². The van der Waals surface area contributed by atoms with Crippen molar-refractivity contribution in [2.75, 3.05) is 26.7 Å². The van der Waals surface area contributed by atoms with E-state index >= 15 is 0 Å². The molecule has 2 aliphatic heterocycles. The number of aromatic nitrogens is 1. The van der Waals surface area contributed by atoms with Crippen LogP contribution in [0.3, 0.4) is 0 Å². The third kappa shape index (κ3) is 2.44. The molecule has 0 saturated carbocycles. The summed E-state index contributed by atoms with van der Waals surface area (Å²) in [6.07, 6.45) is 9.43. The second kappa shape index (κ2) is 5.52. The van der Waals surface area contributed by atoms with Crippen LogP contribution in [0, 0.1) is 0 Å². The Morgan fingerprint density at radius 1 is 1.10 bits per heavy atom. The average Bonchev–Trinajstić information content (AvgIpc) is 2.71. The Morgan fingerprint density at radius 3 is 2.45 bits per heavy atom. The molecule has 3 heterocycles. The van der Waals surface area contributed by atoms with Crippen LogP contribution in [0.15, 0.2) is 24.5 Å². The number of pyridine rings is 1. The lowest BCUT2D eigenvalue weighted by Gasteiger charge is -2.35. The fourth-order valence-corrected chi connectivity index (χ4v) is 3.76. The highest BCUT2D eigenvalue weighted by molar-refractivity contribution is 5.94. The molecule has 0 bridgehead atoms. The van der Waals surface area contributed by atoms with Crippen LogP contribution in [0.2, 0.25) is 0 Å². The van der Waals surface area contributed by atoms with E-state index in [0.29, 0.717) is 5.54 Å². The van der Waals surface area contributed by atoms with Crippen molar-refractivity contribution >= 4 is 5.91 Å². The van der Waals surface area contributed by atoms with Crippen LogP contribution in [-0.2, 0) is 0 Å². The molecule has 1 atom stereocenters. The van der Waals surface area contributed by atoms with Gasteiger partial charge in [0.05, 0.1) is 0 Å². The summed E-state index contributed by atoms with van der Waals surface area (Å²) in [6.45, 7) is 2.97. The lowest BCUT2D eigenvalue weighted by molar-refractivity contribution is 0.0749. The van der Waals surface area contributed by atoms with Crippen LogP contribution in [0.5, 0.6) is 0 Å². The van der Waals surface area contributed by atoms with Gasteiger partial charge in [-0.25, -0.2) is 0 Å². The third-order valence-corrected chi connectivity index (χ3v) is 5.08. The molecule has 0 aromatic carbocycles. The van der Waals surface area contributed by atoms with Gasteiger partial charge in [-0.2, -0.15) is 0 Å². The molecule has 1 spiro atoms. The van der Waals surface area contributed by atoms with Gasteiger partial charge >= 0.3 is 0 Å². The van der Waals surface area contributed by atoms with E-state index in [2.05, 4.69) is 16.9 Å². The fourth-order valence-electron chi connectivity index (χ4n) is 3.76. The van der Waals surface area contributed by atoms with Gasteiger partial charge in [0.25, 0.3) is 5.91 Å². The van der Waals surface area contributed by atoms with Crippen molar-refractivity contribution in [3.63, 3.8) is 0 Å². The maximum absolute atomic E-state index is 12.5. The molecule has 3 rings (SSSR count). The zero-order valence-electron chi connectivity index (χ0n) is 12.2. The summed E-state index contributed by atoms with van der Waals surface area (Å²) in [7, 11) is 2.24. The normalized spacial score (nSPS) is 27.8. The summed E-state index contributed by atoms with van der Waals surface area (Å²) in [5.41, 5.74) is 1.11. The lowest BCUT2D eigenvalue weighted by Crippen LogP contribution is -2.42. The van der Waals surface area contributed by atoms with E-state index in [4.69, 9.17) is 0 Å². The van der Waals surface area contributed by atoms with Gasteiger partial charge in [0.15, 0.2) is 0 Å². The first-order valence-corrected chi connectivity index (χ1v) is 7.62. The summed E-state index contributed by atoms with van der Waals surface area (Å²) < 4.78 is 0. The molecule has 4 heteroatoms. The first-order chi connectivity index (χ1) is 9.71. The number of hydrogen-bond acceptors (Lipinski definition) is 3. The highest BCUT2D eigenvalue weighted by atomic mass is 16.2. The minimum atomic E-state index is 0.158. The smallest absolute Gasteiger partial charge is 0.253 e. The highest BCUT2D eigenvalue weighted by Gasteiger charge is 2.40. The van der Waals surface area contributed by atoms with Crippen LogP contribution >= 0.6 is 0 Å². The average molecular weight is 273 g/mol. The molecule has 0 radical (unpaired) electrons. The van der Waals surface area contributed by atoms with Gasteiger partial charge in [-0.3, -0.25) is 9.78 Å². The van der Waals surface area contributed by atoms with E-state index in [1.54, 1.807) is 12.4 Å². The van der Waals surface area contributed by atoms with Crippen LogP contribution < -0.4 is 0 Å². The van der Waals surface area contributed by atoms with Crippen molar-refractivity contribution in [2.24, 2.45) is 0 Å². The molecular weight excluding hydrogens is 250 g/mol. The standard InChI is InChI=1S/C16H23N3O/c1-18-11-2-6-16(18)7-3-12-19(13-8-16)15(20)14-4-9-17-10-5-14/h4-5,9-10H,2-3,6-8,11-13H2,1H3. The summed E-state index contributed by atoms with van der Waals surface area (Å²) in [5, 5.41) is 0. The molecule has 2 fully saturated rings. The van der Waals surface area contributed by atoms with Crippen molar-refractivity contribution in [1.82, 2.24) is 14.8 Å². The zero-order chi connectivity index (χ0) is 14.0. The molecule has 1 amide bonds. The number of likely N-dealkylation sites (tertiary alicyclic amines) is 2. The van der Waals surface area contributed by atoms with E-state index in [9.17, 15) is 4.79 Å². The Kier molecular flexibility index (Phi) is 3.74. The molecule has 1 unspecified atom stereocenters. The topological polar surface area (TPSA) is 36.4 Å². The Bertz CT molecular complexity index is 476. The van der Waals surface area contributed by atoms with Crippen LogP contribution in [0.4, 0.5) is 0 Å². The summed E-state index contributed by atoms with van der Waals surface area (Å²) >= 11 is 0. The fraction of sp³-hybridized carbons (Fsp3) is 0.625. The third-order valence-electron chi connectivity index (χ3n) is 5.08. The van der Waals surface area contributed by atoms with Gasteiger partial charge < -0.3 is 9.80 Å². The predicted molar refractivity (Wildman–Crippen MR) is 78.6 cm³/mol. The molecule has 2 saturated heterocycles. The zero-order valence-corrected chi connectivity index (χ0v) is 12.2. The lowest BCUT2D eigenvalue weighted by atomic mass is 9.88. The van der Waals surface area contributed by atoms with E-state index in [0.717, 1.165) is 31.5 Å². The monoisotopic (exact) mass is 273 g/mol. The molecule has 1 aromatic rings. The van der Waals surface area contributed by atoms with Gasteiger partial charge in [-0.1, -0.05) is 0 Å². The van der Waals surface area contributed by atoms with Crippen molar-refractivity contribution in [3.8, 4) is 0 Å². The molecule has 0 N–H and O–H groups in total. The summed E-state index contributed by atoms with van der Waals surface area (Å²) in [4.78, 5) is 21.0. The summed E-state index contributed by atoms with van der Waals surface area (Å²) in [5.74, 6) is 0.158. The number of nitrogens with zero attached hydrogens (tertiary/aromatic N) is 3. The van der Waals surface area contributed by atoms with E-state index in [-0.39, 0.29) is 5.91 Å². The maximum atomic E-state index is 12.5. The minimum Gasteiger partial charge on any atom is -0.339 e. The molecular formula is C16H23N3O. The largest absolute Gasteiger partial charge is 0.339 e. The van der Waals surface area contributed by atoms with Gasteiger partial charge in [-0.05, 0) is 57.8 Å². The van der Waals surface area contributed by atoms with E-state index < -0.39 is 0 Å². The number of hydrogen-bond donors (Lipinski definition) is 0. The molecule has 4 nitrogen and oxygen atoms in total. The van der Waals surface area contributed by atoms with Crippen molar-refractivity contribution in [1.29, 1.82) is 0 Å². The van der Waals surface area contributed by atoms with Gasteiger partial charge in [0.1, 0.15) is 0 Å². The molecule has 108 valence electrons. The van der Waals surface area contributed by atoms with Crippen molar-refractivity contribution < 1.29 is 4.79 Å². The number of amides is 1. The van der Waals surface area contributed by atoms with E-state index in [1.807, 2.05) is 17.0 Å². The second-order valence-corrected chi connectivity index (χ2v) is 6.13. The van der Waals surface area contributed by atoms with Crippen molar-refractivity contribution in [2.45, 2.75) is 37.6 Å². The molecule has 1 aromatic heterocycles. The first kappa shape index (κ1) is 13.6. The summed E-state index contributed by atoms with van der Waals surface area (Å²) in [6, 6.07) is 3.62. The van der Waals surface area contributed by atoms with Gasteiger partial charge in [0, 0.05) is 36.6 Å². The Morgan fingerprint density at radius 2 is 1.80 bits per heavy atom. The quantitative estimate of drug-likeness (QED) is 0.787. The minimum absolute atomic E-state index is 0.158. The molecule has 2 aliphatic rings.